The lowest BCUT2D eigenvalue weighted by Gasteiger charge is -2.24. The Morgan fingerprint density at radius 2 is 1.96 bits per heavy atom. The molecule has 1 aromatic carbocycles. The summed E-state index contributed by atoms with van der Waals surface area (Å²) in [6.45, 7) is 4.72. The molecule has 7 nitrogen and oxygen atoms in total. The maximum Gasteiger partial charge on any atom is 0.228 e. The Bertz CT molecular complexity index is 670. The van der Waals surface area contributed by atoms with Gasteiger partial charge in [-0.1, -0.05) is 0 Å². The Morgan fingerprint density at radius 1 is 1.12 bits per heavy atom. The summed E-state index contributed by atoms with van der Waals surface area (Å²) < 4.78 is 11.1. The van der Waals surface area contributed by atoms with E-state index in [4.69, 9.17) is 9.47 Å². The first-order valence-electron chi connectivity index (χ1n) is 8.92. The van der Waals surface area contributed by atoms with Gasteiger partial charge in [0.15, 0.2) is 11.5 Å². The third kappa shape index (κ3) is 3.28. The number of carbonyl (C=O) groups excluding carboxylic acids is 2. The summed E-state index contributed by atoms with van der Waals surface area (Å²) in [7, 11) is 0. The molecule has 1 N–H and O–H groups in total. The second-order valence-electron chi connectivity index (χ2n) is 6.66. The Morgan fingerprint density at radius 3 is 2.84 bits per heavy atom. The second-order valence-corrected chi connectivity index (χ2v) is 6.66. The van der Waals surface area contributed by atoms with E-state index < -0.39 is 0 Å². The highest BCUT2D eigenvalue weighted by atomic mass is 16.6. The minimum atomic E-state index is -0.265. The number of nitrogens with zero attached hydrogens (tertiary/aromatic N) is 2. The quantitative estimate of drug-likeness (QED) is 0.851. The zero-order chi connectivity index (χ0) is 17.2. The van der Waals surface area contributed by atoms with Gasteiger partial charge in [0, 0.05) is 44.4 Å². The van der Waals surface area contributed by atoms with E-state index in [0.29, 0.717) is 37.8 Å². The molecule has 2 saturated heterocycles. The van der Waals surface area contributed by atoms with Crippen molar-refractivity contribution in [1.82, 2.24) is 10.2 Å². The summed E-state index contributed by atoms with van der Waals surface area (Å²) in [5, 5.41) is 3.30. The average molecular weight is 345 g/mol. The fourth-order valence-electron chi connectivity index (χ4n) is 3.65. The first-order chi connectivity index (χ1) is 12.2. The molecule has 3 heterocycles. The van der Waals surface area contributed by atoms with Crippen molar-refractivity contribution in [2.75, 3.05) is 50.8 Å². The lowest BCUT2D eigenvalue weighted by Crippen LogP contribution is -2.39. The van der Waals surface area contributed by atoms with Crippen LogP contribution in [-0.2, 0) is 9.59 Å². The van der Waals surface area contributed by atoms with Gasteiger partial charge in [-0.2, -0.15) is 0 Å². The van der Waals surface area contributed by atoms with Gasteiger partial charge >= 0.3 is 0 Å². The van der Waals surface area contributed by atoms with Crippen LogP contribution in [0.15, 0.2) is 18.2 Å². The van der Waals surface area contributed by atoms with Gasteiger partial charge < -0.3 is 24.6 Å². The van der Waals surface area contributed by atoms with Gasteiger partial charge in [-0.15, -0.1) is 0 Å². The number of fused-ring (bicyclic) bond motifs is 1. The van der Waals surface area contributed by atoms with Crippen molar-refractivity contribution in [3.63, 3.8) is 0 Å². The molecule has 2 amide bonds. The molecule has 0 spiro atoms. The summed E-state index contributed by atoms with van der Waals surface area (Å²) in [5.41, 5.74) is 0.766. The van der Waals surface area contributed by atoms with E-state index in [9.17, 15) is 9.59 Å². The van der Waals surface area contributed by atoms with Crippen LogP contribution in [0.25, 0.3) is 0 Å². The Hall–Kier alpha value is -2.28. The molecule has 0 aromatic heterocycles. The molecule has 0 bridgehead atoms. The third-order valence-electron chi connectivity index (χ3n) is 4.96. The molecule has 0 radical (unpaired) electrons. The topological polar surface area (TPSA) is 71.1 Å². The number of amides is 2. The second kappa shape index (κ2) is 6.92. The summed E-state index contributed by atoms with van der Waals surface area (Å²) in [5.74, 6) is 1.18. The van der Waals surface area contributed by atoms with Crippen molar-refractivity contribution < 1.29 is 19.1 Å². The Labute approximate surface area is 146 Å². The predicted octanol–water partition coefficient (Wildman–Crippen LogP) is 0.633. The molecular weight excluding hydrogens is 322 g/mol. The molecule has 0 saturated carbocycles. The van der Waals surface area contributed by atoms with E-state index in [2.05, 4.69) is 5.32 Å². The maximum absolute atomic E-state index is 12.8. The minimum Gasteiger partial charge on any atom is -0.486 e. The van der Waals surface area contributed by atoms with Crippen molar-refractivity contribution >= 4 is 17.5 Å². The lowest BCUT2D eigenvalue weighted by atomic mass is 10.1. The molecule has 7 heteroatoms. The van der Waals surface area contributed by atoms with Gasteiger partial charge in [-0.3, -0.25) is 9.59 Å². The number of hydrogen-bond acceptors (Lipinski definition) is 5. The van der Waals surface area contributed by atoms with Gasteiger partial charge in [0.1, 0.15) is 13.2 Å². The van der Waals surface area contributed by atoms with Crippen LogP contribution in [0.2, 0.25) is 0 Å². The molecule has 1 atom stereocenters. The van der Waals surface area contributed by atoms with Crippen LogP contribution in [0, 0.1) is 5.92 Å². The molecule has 2 fully saturated rings. The molecule has 4 rings (SSSR count). The average Bonchev–Trinajstić information content (AvgIpc) is 2.85. The number of anilines is 1. The molecule has 0 aliphatic carbocycles. The van der Waals surface area contributed by atoms with Gasteiger partial charge in [-0.25, -0.2) is 0 Å². The largest absolute Gasteiger partial charge is 0.486 e. The molecule has 134 valence electrons. The van der Waals surface area contributed by atoms with Crippen LogP contribution in [0.1, 0.15) is 12.8 Å². The van der Waals surface area contributed by atoms with Crippen LogP contribution < -0.4 is 19.7 Å². The van der Waals surface area contributed by atoms with Gasteiger partial charge in [0.2, 0.25) is 11.8 Å². The molecule has 3 aliphatic heterocycles. The highest BCUT2D eigenvalue weighted by molar-refractivity contribution is 6.00. The van der Waals surface area contributed by atoms with Crippen LogP contribution >= 0.6 is 0 Å². The van der Waals surface area contributed by atoms with Crippen LogP contribution in [0.4, 0.5) is 5.69 Å². The van der Waals surface area contributed by atoms with E-state index in [1.54, 1.807) is 4.90 Å². The normalized spacial score (nSPS) is 23.5. The lowest BCUT2D eigenvalue weighted by molar-refractivity contribution is -0.135. The van der Waals surface area contributed by atoms with Crippen molar-refractivity contribution in [2.45, 2.75) is 12.8 Å². The Kier molecular flexibility index (Phi) is 4.48. The van der Waals surface area contributed by atoms with Crippen molar-refractivity contribution in [3.8, 4) is 11.5 Å². The predicted molar refractivity (Wildman–Crippen MR) is 92.0 cm³/mol. The fraction of sp³-hybridized carbons (Fsp3) is 0.556. The number of nitrogens with one attached hydrogen (secondary N) is 1. The van der Waals surface area contributed by atoms with E-state index in [0.717, 1.165) is 31.7 Å². The summed E-state index contributed by atoms with van der Waals surface area (Å²) in [6.07, 6.45) is 1.23. The zero-order valence-corrected chi connectivity index (χ0v) is 14.2. The number of ether oxygens (including phenoxy) is 2. The zero-order valence-electron chi connectivity index (χ0n) is 14.2. The molecule has 1 unspecified atom stereocenters. The summed E-state index contributed by atoms with van der Waals surface area (Å²) in [4.78, 5) is 28.8. The SMILES string of the molecule is O=C(C1CC(=O)N(c2ccc3c(c2)OCCO3)C1)N1CCCNCC1. The first kappa shape index (κ1) is 16.2. The molecular formula is C18H23N3O4. The number of benzene rings is 1. The van der Waals surface area contributed by atoms with Crippen molar-refractivity contribution in [3.05, 3.63) is 18.2 Å². The monoisotopic (exact) mass is 345 g/mol. The molecule has 1 aromatic rings. The van der Waals surface area contributed by atoms with E-state index in [-0.39, 0.29) is 24.2 Å². The Balaban J connectivity index is 1.47. The van der Waals surface area contributed by atoms with Crippen molar-refractivity contribution in [2.24, 2.45) is 5.92 Å². The van der Waals surface area contributed by atoms with Gasteiger partial charge in [0.25, 0.3) is 0 Å². The summed E-state index contributed by atoms with van der Waals surface area (Å²) >= 11 is 0. The van der Waals surface area contributed by atoms with E-state index in [1.807, 2.05) is 23.1 Å². The van der Waals surface area contributed by atoms with Crippen LogP contribution in [0.3, 0.4) is 0 Å². The minimum absolute atomic E-state index is 0.0111. The first-order valence-corrected chi connectivity index (χ1v) is 8.92. The van der Waals surface area contributed by atoms with Gasteiger partial charge in [-0.05, 0) is 25.1 Å². The fourth-order valence-corrected chi connectivity index (χ4v) is 3.65. The van der Waals surface area contributed by atoms with Gasteiger partial charge in [0.05, 0.1) is 5.92 Å². The standard InChI is InChI=1S/C18H23N3O4/c22-17-10-13(18(23)20-6-1-4-19-5-7-20)12-21(17)14-2-3-15-16(11-14)25-9-8-24-15/h2-3,11,13,19H,1,4-10,12H2. The number of hydrogen-bond donors (Lipinski definition) is 1. The van der Waals surface area contributed by atoms with Crippen molar-refractivity contribution in [1.29, 1.82) is 0 Å². The maximum atomic E-state index is 12.8. The third-order valence-corrected chi connectivity index (χ3v) is 4.96. The van der Waals surface area contributed by atoms with E-state index in [1.165, 1.54) is 0 Å². The highest BCUT2D eigenvalue weighted by Crippen LogP contribution is 2.36. The summed E-state index contributed by atoms with van der Waals surface area (Å²) in [6, 6.07) is 5.51. The molecule has 25 heavy (non-hydrogen) atoms. The van der Waals surface area contributed by atoms with Crippen LogP contribution in [-0.4, -0.2) is 62.7 Å². The number of rotatable bonds is 2. The smallest absolute Gasteiger partial charge is 0.228 e. The number of carbonyl (C=O) groups is 2. The molecule has 3 aliphatic rings. The van der Waals surface area contributed by atoms with Crippen LogP contribution in [0.5, 0.6) is 11.5 Å². The van der Waals surface area contributed by atoms with E-state index >= 15 is 0 Å². The highest BCUT2D eigenvalue weighted by Gasteiger charge is 2.37.